The van der Waals surface area contributed by atoms with Gasteiger partial charge < -0.3 is 15.0 Å². The lowest BCUT2D eigenvalue weighted by Gasteiger charge is -2.32. The first-order valence-electron chi connectivity index (χ1n) is 10.9. The molecule has 166 valence electrons. The van der Waals surface area contributed by atoms with Crippen molar-refractivity contribution < 1.29 is 19.1 Å². The van der Waals surface area contributed by atoms with Crippen LogP contribution in [0.15, 0.2) is 40.9 Å². The van der Waals surface area contributed by atoms with Crippen LogP contribution in [0.3, 0.4) is 0 Å². The molecule has 2 atom stereocenters. The number of hydrogen-bond donors (Lipinski definition) is 1. The Morgan fingerprint density at radius 3 is 2.53 bits per heavy atom. The smallest absolute Gasteiger partial charge is 0.261 e. The van der Waals surface area contributed by atoms with Gasteiger partial charge in [0.15, 0.2) is 0 Å². The van der Waals surface area contributed by atoms with Crippen LogP contribution in [0.5, 0.6) is 5.75 Å². The van der Waals surface area contributed by atoms with E-state index < -0.39 is 0 Å². The zero-order valence-electron chi connectivity index (χ0n) is 17.8. The quantitative estimate of drug-likeness (QED) is 0.657. The molecule has 1 N–H and O–H groups in total. The number of imide groups is 1. The van der Waals surface area contributed by atoms with Crippen molar-refractivity contribution in [3.05, 3.63) is 63.1 Å². The first-order valence-corrected chi connectivity index (χ1v) is 11.7. The number of halogens is 1. The van der Waals surface area contributed by atoms with Crippen molar-refractivity contribution in [3.8, 4) is 5.75 Å². The number of carbonyl (C=O) groups excluding carboxylic acids is 3. The minimum absolute atomic E-state index is 0.0547. The van der Waals surface area contributed by atoms with E-state index in [4.69, 9.17) is 4.74 Å². The molecular formula is C24H24BrN3O4. The third kappa shape index (κ3) is 3.61. The molecule has 1 saturated heterocycles. The fourth-order valence-electron chi connectivity index (χ4n) is 4.86. The molecule has 32 heavy (non-hydrogen) atoms. The molecule has 5 rings (SSSR count). The molecule has 2 aromatic rings. The van der Waals surface area contributed by atoms with Crippen LogP contribution in [0.2, 0.25) is 0 Å². The molecular weight excluding hydrogens is 474 g/mol. The van der Waals surface area contributed by atoms with Crippen LogP contribution in [0.4, 0.5) is 0 Å². The van der Waals surface area contributed by atoms with Crippen molar-refractivity contribution in [3.63, 3.8) is 0 Å². The molecule has 3 aliphatic heterocycles. The Hall–Kier alpha value is -2.71. The van der Waals surface area contributed by atoms with Gasteiger partial charge in [0.1, 0.15) is 11.9 Å². The number of carbonyl (C=O) groups is 3. The van der Waals surface area contributed by atoms with Gasteiger partial charge in [-0.05, 0) is 42.8 Å². The van der Waals surface area contributed by atoms with Crippen LogP contribution in [0, 0.1) is 0 Å². The minimum Gasteiger partial charge on any atom is -0.488 e. The zero-order valence-corrected chi connectivity index (χ0v) is 19.4. The monoisotopic (exact) mass is 497 g/mol. The van der Waals surface area contributed by atoms with Gasteiger partial charge in [0.25, 0.3) is 11.8 Å². The molecule has 3 aliphatic rings. The highest BCUT2D eigenvalue weighted by Crippen LogP contribution is 2.38. The second kappa shape index (κ2) is 8.33. The lowest BCUT2D eigenvalue weighted by Crippen LogP contribution is -2.42. The maximum Gasteiger partial charge on any atom is 0.261 e. The summed E-state index contributed by atoms with van der Waals surface area (Å²) >= 11 is 3.66. The summed E-state index contributed by atoms with van der Waals surface area (Å²) in [4.78, 5) is 40.7. The summed E-state index contributed by atoms with van der Waals surface area (Å²) in [7, 11) is 0. The highest BCUT2D eigenvalue weighted by atomic mass is 79.9. The van der Waals surface area contributed by atoms with Gasteiger partial charge in [-0.2, -0.15) is 0 Å². The molecule has 0 bridgehead atoms. The van der Waals surface area contributed by atoms with E-state index in [2.05, 4.69) is 21.2 Å². The number of amides is 3. The van der Waals surface area contributed by atoms with Crippen LogP contribution in [0.1, 0.15) is 51.2 Å². The number of likely N-dealkylation sites (tertiary alicyclic amines) is 1. The molecule has 0 radical (unpaired) electrons. The molecule has 8 heteroatoms. The topological polar surface area (TPSA) is 79.0 Å². The molecule has 0 spiro atoms. The predicted molar refractivity (Wildman–Crippen MR) is 122 cm³/mol. The van der Waals surface area contributed by atoms with Gasteiger partial charge in [-0.25, -0.2) is 0 Å². The fourth-order valence-corrected chi connectivity index (χ4v) is 5.41. The SMILES string of the molecule is CC(=O)N1CC[C@H](Oc2ccc(Br)c3c2[C@@H](CN2C(=O)c4ccccc4C2=O)NCC3)C1. The van der Waals surface area contributed by atoms with E-state index in [-0.39, 0.29) is 36.4 Å². The highest BCUT2D eigenvalue weighted by Gasteiger charge is 2.38. The Bertz CT molecular complexity index is 1080. The zero-order chi connectivity index (χ0) is 22.4. The first-order chi connectivity index (χ1) is 15.4. The van der Waals surface area contributed by atoms with Crippen LogP contribution >= 0.6 is 15.9 Å². The number of ether oxygens (including phenoxy) is 1. The molecule has 0 saturated carbocycles. The second-order valence-electron chi connectivity index (χ2n) is 8.45. The van der Waals surface area contributed by atoms with Gasteiger partial charge in [0.05, 0.1) is 23.7 Å². The van der Waals surface area contributed by atoms with E-state index in [9.17, 15) is 14.4 Å². The molecule has 0 unspecified atom stereocenters. The van der Waals surface area contributed by atoms with Crippen LogP contribution < -0.4 is 10.1 Å². The second-order valence-corrected chi connectivity index (χ2v) is 9.31. The minimum atomic E-state index is -0.259. The number of rotatable bonds is 4. The Morgan fingerprint density at radius 2 is 1.88 bits per heavy atom. The summed E-state index contributed by atoms with van der Waals surface area (Å²) in [6.45, 7) is 3.80. The van der Waals surface area contributed by atoms with Gasteiger partial charge in [0.2, 0.25) is 5.91 Å². The summed E-state index contributed by atoms with van der Waals surface area (Å²) in [5, 5.41) is 3.48. The highest BCUT2D eigenvalue weighted by molar-refractivity contribution is 9.10. The number of nitrogens with one attached hydrogen (secondary N) is 1. The average Bonchev–Trinajstić information content (AvgIpc) is 3.35. The molecule has 1 fully saturated rings. The van der Waals surface area contributed by atoms with Gasteiger partial charge in [-0.15, -0.1) is 0 Å². The lowest BCUT2D eigenvalue weighted by atomic mass is 9.92. The normalized spacial score (nSPS) is 22.2. The number of hydrogen-bond acceptors (Lipinski definition) is 5. The number of benzene rings is 2. The van der Waals surface area contributed by atoms with Crippen molar-refractivity contribution in [1.82, 2.24) is 15.1 Å². The summed E-state index contributed by atoms with van der Waals surface area (Å²) in [6.07, 6.45) is 1.52. The Kier molecular flexibility index (Phi) is 5.51. The predicted octanol–water partition coefficient (Wildman–Crippen LogP) is 2.93. The maximum atomic E-state index is 12.9. The largest absolute Gasteiger partial charge is 0.488 e. The van der Waals surface area contributed by atoms with Crippen LogP contribution in [0.25, 0.3) is 0 Å². The summed E-state index contributed by atoms with van der Waals surface area (Å²) in [5.74, 6) is 0.279. The third-order valence-electron chi connectivity index (χ3n) is 6.50. The van der Waals surface area contributed by atoms with Crippen molar-refractivity contribution in [1.29, 1.82) is 0 Å². The van der Waals surface area contributed by atoms with E-state index in [0.29, 0.717) is 24.2 Å². The number of fused-ring (bicyclic) bond motifs is 2. The van der Waals surface area contributed by atoms with E-state index in [1.54, 1.807) is 36.1 Å². The molecule has 7 nitrogen and oxygen atoms in total. The summed E-state index contributed by atoms with van der Waals surface area (Å²) in [5.41, 5.74) is 3.01. The standard InChI is InChI=1S/C24H24BrN3O4/c1-14(29)27-11-9-15(12-27)32-21-7-6-19(25)18-8-10-26-20(22(18)21)13-28-23(30)16-4-2-3-5-17(16)24(28)31/h2-7,15,20,26H,8-13H2,1H3/t15-,20+/m0/s1. The maximum absolute atomic E-state index is 12.9. The van der Waals surface area contributed by atoms with Crippen molar-refractivity contribution >= 4 is 33.7 Å². The Morgan fingerprint density at radius 1 is 1.16 bits per heavy atom. The van der Waals surface area contributed by atoms with E-state index in [0.717, 1.165) is 40.7 Å². The van der Waals surface area contributed by atoms with Crippen molar-refractivity contribution in [2.24, 2.45) is 0 Å². The van der Waals surface area contributed by atoms with Gasteiger partial charge >= 0.3 is 0 Å². The molecule has 2 aromatic carbocycles. The Balaban J connectivity index is 1.43. The molecule has 0 aliphatic carbocycles. The molecule has 0 aromatic heterocycles. The van der Waals surface area contributed by atoms with E-state index in [1.807, 2.05) is 12.1 Å². The van der Waals surface area contributed by atoms with Crippen LogP contribution in [-0.4, -0.2) is 59.8 Å². The van der Waals surface area contributed by atoms with E-state index >= 15 is 0 Å². The third-order valence-corrected chi connectivity index (χ3v) is 7.24. The lowest BCUT2D eigenvalue weighted by molar-refractivity contribution is -0.128. The first kappa shape index (κ1) is 21.2. The van der Waals surface area contributed by atoms with Gasteiger partial charge in [-0.3, -0.25) is 19.3 Å². The van der Waals surface area contributed by atoms with E-state index in [1.165, 1.54) is 4.90 Å². The Labute approximate surface area is 194 Å². The average molecular weight is 498 g/mol. The fraction of sp³-hybridized carbons (Fsp3) is 0.375. The number of nitrogens with zero attached hydrogens (tertiary/aromatic N) is 2. The van der Waals surface area contributed by atoms with Gasteiger partial charge in [0, 0.05) is 36.5 Å². The van der Waals surface area contributed by atoms with Gasteiger partial charge in [-0.1, -0.05) is 28.1 Å². The van der Waals surface area contributed by atoms with Crippen molar-refractivity contribution in [2.45, 2.75) is 31.9 Å². The van der Waals surface area contributed by atoms with Crippen LogP contribution in [-0.2, 0) is 11.2 Å². The van der Waals surface area contributed by atoms with Crippen molar-refractivity contribution in [2.75, 3.05) is 26.2 Å². The molecule has 3 amide bonds. The summed E-state index contributed by atoms with van der Waals surface area (Å²) < 4.78 is 7.37. The summed E-state index contributed by atoms with van der Waals surface area (Å²) in [6, 6.07) is 10.6. The molecule has 3 heterocycles.